The average molecular weight is 478 g/mol. The van der Waals surface area contributed by atoms with E-state index in [0.717, 1.165) is 6.42 Å². The molecule has 7 nitrogen and oxygen atoms in total. The van der Waals surface area contributed by atoms with Gasteiger partial charge in [0.2, 0.25) is 0 Å². The zero-order valence-corrected chi connectivity index (χ0v) is 20.9. The second-order valence-electron chi connectivity index (χ2n) is 8.55. The van der Waals surface area contributed by atoms with E-state index in [4.69, 9.17) is 9.47 Å². The molecule has 0 amide bonds. The Balaban J connectivity index is 0.000000706. The highest BCUT2D eigenvalue weighted by molar-refractivity contribution is 5.90. The maximum atomic E-state index is 12.3. The van der Waals surface area contributed by atoms with E-state index in [1.54, 1.807) is 38.1 Å². The molecular formula is C27H43NO6. The monoisotopic (exact) mass is 477 g/mol. The Kier molecular flexibility index (Phi) is 13.8. The van der Waals surface area contributed by atoms with Crippen LogP contribution in [0.4, 0.5) is 0 Å². The van der Waals surface area contributed by atoms with Crippen molar-refractivity contribution in [3.05, 3.63) is 47.5 Å². The molecule has 5 atom stereocenters. The van der Waals surface area contributed by atoms with Gasteiger partial charge in [-0.05, 0) is 47.2 Å². The van der Waals surface area contributed by atoms with Crippen LogP contribution in [-0.2, 0) is 14.3 Å². The lowest BCUT2D eigenvalue weighted by molar-refractivity contribution is -0.241. The second kappa shape index (κ2) is 14.8. The molecule has 34 heavy (non-hydrogen) atoms. The van der Waals surface area contributed by atoms with E-state index in [1.165, 1.54) is 0 Å². The largest absolute Gasteiger partial charge is 0.465 e. The van der Waals surface area contributed by atoms with Gasteiger partial charge in [-0.15, -0.1) is 0 Å². The fraction of sp³-hybridized carbons (Fsp3) is 0.593. The van der Waals surface area contributed by atoms with Gasteiger partial charge < -0.3 is 19.5 Å². The van der Waals surface area contributed by atoms with Gasteiger partial charge in [0.05, 0.1) is 18.6 Å². The molecule has 3 rings (SSSR count). The Hall–Kier alpha value is -2.35. The van der Waals surface area contributed by atoms with Crippen molar-refractivity contribution in [3.63, 3.8) is 0 Å². The van der Waals surface area contributed by atoms with Gasteiger partial charge in [0.1, 0.15) is 0 Å². The molecule has 1 aromatic rings. The zero-order valence-electron chi connectivity index (χ0n) is 20.9. The number of benzene rings is 1. The van der Waals surface area contributed by atoms with Crippen LogP contribution >= 0.6 is 0 Å². The maximum absolute atomic E-state index is 12.3. The van der Waals surface area contributed by atoms with Gasteiger partial charge in [0.25, 0.3) is 0 Å². The minimum atomic E-state index is -1.22. The number of carbonyl (C=O) groups is 3. The second-order valence-corrected chi connectivity index (χ2v) is 8.55. The van der Waals surface area contributed by atoms with Crippen LogP contribution in [0.5, 0.6) is 0 Å². The van der Waals surface area contributed by atoms with Crippen molar-refractivity contribution in [1.82, 2.24) is 4.90 Å². The van der Waals surface area contributed by atoms with Crippen molar-refractivity contribution >= 4 is 18.5 Å². The van der Waals surface area contributed by atoms with Gasteiger partial charge in [0, 0.05) is 23.1 Å². The van der Waals surface area contributed by atoms with Gasteiger partial charge >= 0.3 is 5.97 Å². The third kappa shape index (κ3) is 8.46. The highest BCUT2D eigenvalue weighted by Gasteiger charge is 2.74. The molecule has 1 aromatic carbocycles. The summed E-state index contributed by atoms with van der Waals surface area (Å²) in [4.78, 5) is 34.8. The summed E-state index contributed by atoms with van der Waals surface area (Å²) >= 11 is 0. The van der Waals surface area contributed by atoms with Gasteiger partial charge in [0.15, 0.2) is 18.4 Å². The Morgan fingerprint density at radius 2 is 1.62 bits per heavy atom. The normalized spacial score (nSPS) is 24.2. The number of nitrogens with zero attached hydrogens (tertiary/aromatic N) is 1. The first-order valence-electron chi connectivity index (χ1n) is 11.5. The van der Waals surface area contributed by atoms with Crippen molar-refractivity contribution in [2.75, 3.05) is 20.7 Å². The summed E-state index contributed by atoms with van der Waals surface area (Å²) in [5.74, 6) is -1.03. The third-order valence-electron chi connectivity index (χ3n) is 5.55. The zero-order chi connectivity index (χ0) is 25.2. The van der Waals surface area contributed by atoms with Crippen LogP contribution in [0.3, 0.4) is 0 Å². The Morgan fingerprint density at radius 3 is 2.03 bits per heavy atom. The lowest BCUT2D eigenvalue weighted by atomic mass is 9.81. The van der Waals surface area contributed by atoms with Crippen molar-refractivity contribution in [2.24, 2.45) is 17.8 Å². The summed E-state index contributed by atoms with van der Waals surface area (Å²) in [6.07, 6.45) is 5.75. The molecule has 2 fully saturated rings. The van der Waals surface area contributed by atoms with Crippen molar-refractivity contribution < 1.29 is 29.0 Å². The van der Waals surface area contributed by atoms with Gasteiger partial charge in [-0.2, -0.15) is 0 Å². The number of hydrogen-bond acceptors (Lipinski definition) is 7. The number of rotatable bonds is 9. The number of allylic oxidation sites excluding steroid dienone is 1. The highest BCUT2D eigenvalue weighted by atomic mass is 16.6. The fourth-order valence-corrected chi connectivity index (χ4v) is 4.20. The molecule has 7 heteroatoms. The maximum Gasteiger partial charge on any atom is 0.311 e. The minimum absolute atomic E-state index is 0. The number of esters is 1. The molecular weight excluding hydrogens is 434 g/mol. The molecule has 0 spiro atoms. The first kappa shape index (κ1) is 31.6. The van der Waals surface area contributed by atoms with E-state index in [0.29, 0.717) is 48.2 Å². The summed E-state index contributed by atoms with van der Waals surface area (Å²) in [5, 5.41) is 9.86. The molecule has 1 N–H and O–H groups in total. The lowest BCUT2D eigenvalue weighted by Crippen LogP contribution is -2.47. The van der Waals surface area contributed by atoms with Crippen molar-refractivity contribution in [2.45, 2.75) is 66.4 Å². The summed E-state index contributed by atoms with van der Waals surface area (Å²) in [6, 6.07) is 7.01. The van der Waals surface area contributed by atoms with Crippen LogP contribution in [0.15, 0.2) is 36.4 Å². The van der Waals surface area contributed by atoms with Crippen LogP contribution in [-0.4, -0.2) is 67.2 Å². The van der Waals surface area contributed by atoms with E-state index in [2.05, 4.69) is 4.90 Å². The van der Waals surface area contributed by atoms with Crippen LogP contribution in [0.2, 0.25) is 0 Å². The molecule has 0 saturated heterocycles. The molecule has 3 unspecified atom stereocenters. The molecule has 0 aliphatic heterocycles. The summed E-state index contributed by atoms with van der Waals surface area (Å²) in [5.41, 5.74) is 0.884. The average Bonchev–Trinajstić information content (AvgIpc) is 3.45. The number of fused-ring (bicyclic) bond motifs is 1. The van der Waals surface area contributed by atoms with E-state index in [1.807, 2.05) is 47.0 Å². The van der Waals surface area contributed by atoms with Crippen LogP contribution < -0.4 is 0 Å². The minimum Gasteiger partial charge on any atom is -0.465 e. The lowest BCUT2D eigenvalue weighted by Gasteiger charge is -2.37. The number of aldehydes is 2. The molecule has 2 saturated carbocycles. The van der Waals surface area contributed by atoms with Crippen LogP contribution in [0, 0.1) is 17.8 Å². The summed E-state index contributed by atoms with van der Waals surface area (Å²) in [7, 11) is 4.02. The first-order valence-corrected chi connectivity index (χ1v) is 11.5. The Bertz CT molecular complexity index is 772. The number of hydrogen-bond donors (Lipinski definition) is 1. The summed E-state index contributed by atoms with van der Waals surface area (Å²) < 4.78 is 11.0. The third-order valence-corrected chi connectivity index (χ3v) is 5.55. The van der Waals surface area contributed by atoms with Gasteiger partial charge in [-0.3, -0.25) is 14.4 Å². The van der Waals surface area contributed by atoms with Crippen LogP contribution in [0.25, 0.3) is 0 Å². The molecule has 0 aromatic heterocycles. The van der Waals surface area contributed by atoms with E-state index < -0.39 is 5.79 Å². The Labute approximate surface area is 205 Å². The molecule has 0 heterocycles. The quantitative estimate of drug-likeness (QED) is 0.185. The Morgan fingerprint density at radius 1 is 1.09 bits per heavy atom. The summed E-state index contributed by atoms with van der Waals surface area (Å²) in [6.45, 7) is 9.54. The smallest absolute Gasteiger partial charge is 0.311 e. The number of aliphatic hydroxyl groups is 1. The predicted molar refractivity (Wildman–Crippen MR) is 135 cm³/mol. The molecule has 2 aliphatic carbocycles. The molecule has 192 valence electrons. The molecule has 0 bridgehead atoms. The molecule has 2 aliphatic rings. The van der Waals surface area contributed by atoms with Crippen molar-refractivity contribution in [3.8, 4) is 0 Å². The van der Waals surface area contributed by atoms with Gasteiger partial charge in [-0.1, -0.05) is 57.7 Å². The molecule has 0 radical (unpaired) electrons. The fourth-order valence-electron chi connectivity index (χ4n) is 4.20. The predicted octanol–water partition coefficient (Wildman–Crippen LogP) is 4.39. The first-order chi connectivity index (χ1) is 15.7. The SMILES string of the molecule is C.CC.CC=CCCOC(=O)C1[C@@H](OC(C)(C)O)C2C(N(C)C)[C@H]12.O=Cc1ccccc1C=O. The highest BCUT2D eigenvalue weighted by Crippen LogP contribution is 2.63. The van der Waals surface area contributed by atoms with Crippen LogP contribution in [0.1, 0.15) is 69.2 Å². The number of ether oxygens (including phenoxy) is 2. The topological polar surface area (TPSA) is 93.1 Å². The number of carbonyl (C=O) groups excluding carboxylic acids is 3. The van der Waals surface area contributed by atoms with E-state index in [-0.39, 0.29) is 25.4 Å². The van der Waals surface area contributed by atoms with Crippen molar-refractivity contribution in [1.29, 1.82) is 0 Å². The van der Waals surface area contributed by atoms with Gasteiger partial charge in [-0.25, -0.2) is 0 Å². The van der Waals surface area contributed by atoms with E-state index >= 15 is 0 Å². The van der Waals surface area contributed by atoms with E-state index in [9.17, 15) is 19.5 Å². The standard InChI is InChI=1S/C16H27NO4.C8H6O2.C2H6.CH4/c1-6-7-8-9-20-15(18)12-10-11(13(10)17(4)5)14(12)21-16(2,3)19;9-5-7-3-1-2-4-8(7)6-10;1-2;/h6-7,10-14,19H,8-9H2,1-5H3;1-6H;1-2H3;1H4/t10-,11?,12?,13?,14-;;;/m0.../s1.